The van der Waals surface area contributed by atoms with Gasteiger partial charge in [0.2, 0.25) is 0 Å². The Bertz CT molecular complexity index is 1460. The lowest BCUT2D eigenvalue weighted by Crippen LogP contribution is -2.44. The summed E-state index contributed by atoms with van der Waals surface area (Å²) in [6.45, 7) is 0. The van der Waals surface area contributed by atoms with E-state index >= 15 is 0 Å². The first-order valence-electron chi connectivity index (χ1n) is 10.7. The lowest BCUT2D eigenvalue weighted by molar-refractivity contribution is 0.102. The third-order valence-corrected chi connectivity index (χ3v) is 6.71. The summed E-state index contributed by atoms with van der Waals surface area (Å²) in [5.41, 5.74) is 2.12. The van der Waals surface area contributed by atoms with Gasteiger partial charge in [-0.1, -0.05) is 23.7 Å². The number of nitrogens with zero attached hydrogens (tertiary/aromatic N) is 6. The smallest absolute Gasteiger partial charge is 0.259 e. The summed E-state index contributed by atoms with van der Waals surface area (Å²) in [6, 6.07) is 11.4. The normalized spacial score (nSPS) is 19.4. The highest BCUT2D eigenvalue weighted by molar-refractivity contribution is 6.30. The molecule has 0 radical (unpaired) electrons. The van der Waals surface area contributed by atoms with Crippen molar-refractivity contribution in [2.75, 3.05) is 5.32 Å². The Kier molecular flexibility index (Phi) is 5.38. The van der Waals surface area contributed by atoms with Crippen LogP contribution in [-0.2, 0) is 12.5 Å². The second-order valence-corrected chi connectivity index (χ2v) is 8.99. The van der Waals surface area contributed by atoms with Gasteiger partial charge < -0.3 is 9.88 Å². The summed E-state index contributed by atoms with van der Waals surface area (Å²) in [7, 11) is 1.90. The Labute approximate surface area is 200 Å². The van der Waals surface area contributed by atoms with Gasteiger partial charge >= 0.3 is 0 Å². The number of nitrogens with one attached hydrogen (secondary N) is 1. The Morgan fingerprint density at radius 1 is 1.38 bits per heavy atom. The van der Waals surface area contributed by atoms with Crippen LogP contribution in [0.2, 0.25) is 5.15 Å². The molecule has 9 nitrogen and oxygen atoms in total. The number of anilines is 1. The number of hydrogen-bond acceptors (Lipinski definition) is 6. The second kappa shape index (κ2) is 8.39. The minimum absolute atomic E-state index is 0.239. The van der Waals surface area contributed by atoms with Crippen molar-refractivity contribution < 1.29 is 9.59 Å². The lowest BCUT2D eigenvalue weighted by Gasteiger charge is -2.46. The van der Waals surface area contributed by atoms with E-state index in [1.807, 2.05) is 29.8 Å². The van der Waals surface area contributed by atoms with Crippen LogP contribution in [0.3, 0.4) is 0 Å². The molecule has 1 aromatic carbocycles. The number of imidazole rings is 1. The molecule has 0 saturated heterocycles. The number of rotatable bonds is 6. The Hall–Kier alpha value is -4.03. The van der Waals surface area contributed by atoms with Crippen molar-refractivity contribution in [2.24, 2.45) is 13.0 Å². The van der Waals surface area contributed by atoms with Gasteiger partial charge in [-0.25, -0.2) is 4.98 Å². The standard InChI is InChI=1S/C24H20ClN7O2/c1-31-14-28-30-23(31)24(9-15(10-24)5-6-26)17-3-2-4-18(8-17)29-22(34)19-7-16(13-33)12-32-20(25)11-27-21(19)32/h2-4,7-8,11-15H,5,9-10H2,1H3,(H,29,34). The van der Waals surface area contributed by atoms with Gasteiger partial charge in [-0.15, -0.1) is 10.2 Å². The van der Waals surface area contributed by atoms with Crippen molar-refractivity contribution in [1.82, 2.24) is 24.1 Å². The van der Waals surface area contributed by atoms with E-state index in [4.69, 9.17) is 16.9 Å². The molecule has 4 aromatic rings. The topological polar surface area (TPSA) is 118 Å². The van der Waals surface area contributed by atoms with Crippen LogP contribution in [0.25, 0.3) is 5.65 Å². The predicted octanol–water partition coefficient (Wildman–Crippen LogP) is 3.79. The minimum Gasteiger partial charge on any atom is -0.322 e. The summed E-state index contributed by atoms with van der Waals surface area (Å²) in [4.78, 5) is 28.8. The van der Waals surface area contributed by atoms with Gasteiger partial charge in [-0.3, -0.25) is 14.0 Å². The van der Waals surface area contributed by atoms with Gasteiger partial charge in [0.05, 0.1) is 23.2 Å². The maximum atomic E-state index is 13.2. The second-order valence-electron chi connectivity index (χ2n) is 8.60. The van der Waals surface area contributed by atoms with Crippen LogP contribution in [0.15, 0.2) is 49.1 Å². The van der Waals surface area contributed by atoms with Gasteiger partial charge in [0, 0.05) is 30.9 Å². The van der Waals surface area contributed by atoms with Crippen molar-refractivity contribution in [1.29, 1.82) is 5.26 Å². The SMILES string of the molecule is Cn1cnnc1C1(c2cccc(NC(=O)c3cc(C=O)cn4c(Cl)cnc34)c2)CC(CC#N)C1. The highest BCUT2D eigenvalue weighted by atomic mass is 35.5. The number of aldehydes is 1. The lowest BCUT2D eigenvalue weighted by atomic mass is 9.57. The molecular weight excluding hydrogens is 454 g/mol. The summed E-state index contributed by atoms with van der Waals surface area (Å²) in [5.74, 6) is 0.707. The maximum Gasteiger partial charge on any atom is 0.259 e. The monoisotopic (exact) mass is 473 g/mol. The molecule has 1 amide bonds. The first-order valence-corrected chi connectivity index (χ1v) is 11.1. The Morgan fingerprint density at radius 3 is 2.91 bits per heavy atom. The number of amides is 1. The number of hydrogen-bond donors (Lipinski definition) is 1. The molecule has 1 N–H and O–H groups in total. The number of fused-ring (bicyclic) bond motifs is 1. The van der Waals surface area contributed by atoms with Gasteiger partial charge in [0.25, 0.3) is 5.91 Å². The molecule has 10 heteroatoms. The Morgan fingerprint density at radius 2 is 2.21 bits per heavy atom. The van der Waals surface area contributed by atoms with Gasteiger partial charge in [0.15, 0.2) is 11.9 Å². The van der Waals surface area contributed by atoms with Crippen LogP contribution in [0.1, 0.15) is 51.4 Å². The van der Waals surface area contributed by atoms with Crippen molar-refractivity contribution >= 4 is 35.1 Å². The summed E-state index contributed by atoms with van der Waals surface area (Å²) >= 11 is 6.15. The molecule has 3 aromatic heterocycles. The zero-order valence-electron chi connectivity index (χ0n) is 18.3. The molecule has 0 atom stereocenters. The molecule has 5 rings (SSSR count). The fourth-order valence-electron chi connectivity index (χ4n) is 4.87. The molecule has 0 spiro atoms. The molecule has 0 aliphatic heterocycles. The van der Waals surface area contributed by atoms with Crippen LogP contribution >= 0.6 is 11.6 Å². The number of aryl methyl sites for hydroxylation is 1. The van der Waals surface area contributed by atoms with Crippen LogP contribution in [0.5, 0.6) is 0 Å². The van der Waals surface area contributed by atoms with Crippen LogP contribution < -0.4 is 5.32 Å². The van der Waals surface area contributed by atoms with E-state index in [9.17, 15) is 9.59 Å². The third-order valence-electron chi connectivity index (χ3n) is 6.43. The van der Waals surface area contributed by atoms with E-state index in [1.165, 1.54) is 22.9 Å². The zero-order chi connectivity index (χ0) is 23.9. The highest BCUT2D eigenvalue weighted by Gasteiger charge is 2.49. The molecule has 1 aliphatic rings. The molecule has 0 unspecified atom stereocenters. The predicted molar refractivity (Wildman–Crippen MR) is 125 cm³/mol. The third kappa shape index (κ3) is 3.53. The molecular formula is C24H20ClN7O2. The number of halogens is 1. The van der Waals surface area contributed by atoms with E-state index in [0.29, 0.717) is 34.8 Å². The fraction of sp³-hybridized carbons (Fsp3) is 0.250. The van der Waals surface area contributed by atoms with Crippen LogP contribution in [0, 0.1) is 17.2 Å². The highest BCUT2D eigenvalue weighted by Crippen LogP contribution is 2.53. The summed E-state index contributed by atoms with van der Waals surface area (Å²) in [5, 5.41) is 20.8. The summed E-state index contributed by atoms with van der Waals surface area (Å²) in [6.07, 6.45) is 7.34. The molecule has 1 aliphatic carbocycles. The minimum atomic E-state index is -0.406. The molecule has 1 fully saturated rings. The first-order chi connectivity index (χ1) is 16.4. The number of nitriles is 1. The number of pyridine rings is 1. The van der Waals surface area contributed by atoms with Crippen molar-refractivity contribution in [3.63, 3.8) is 0 Å². The van der Waals surface area contributed by atoms with E-state index in [1.54, 1.807) is 12.4 Å². The zero-order valence-corrected chi connectivity index (χ0v) is 19.0. The fourth-order valence-corrected chi connectivity index (χ4v) is 5.04. The van der Waals surface area contributed by atoms with E-state index < -0.39 is 5.91 Å². The van der Waals surface area contributed by atoms with E-state index in [0.717, 1.165) is 24.2 Å². The average molecular weight is 474 g/mol. The number of carbonyl (C=O) groups excluding carboxylic acids is 2. The molecule has 1 saturated carbocycles. The van der Waals surface area contributed by atoms with Crippen molar-refractivity contribution in [3.05, 3.63) is 76.7 Å². The first kappa shape index (κ1) is 21.8. The van der Waals surface area contributed by atoms with Gasteiger partial charge in [-0.2, -0.15) is 5.26 Å². The van der Waals surface area contributed by atoms with Gasteiger partial charge in [-0.05, 0) is 42.5 Å². The molecule has 3 heterocycles. The molecule has 0 bridgehead atoms. The van der Waals surface area contributed by atoms with Crippen LogP contribution in [0.4, 0.5) is 5.69 Å². The molecule has 170 valence electrons. The average Bonchev–Trinajstić information content (AvgIpc) is 3.41. The number of carbonyl (C=O) groups is 2. The van der Waals surface area contributed by atoms with Crippen LogP contribution in [-0.4, -0.2) is 36.3 Å². The Balaban J connectivity index is 1.49. The van der Waals surface area contributed by atoms with Crippen molar-refractivity contribution in [3.8, 4) is 6.07 Å². The largest absolute Gasteiger partial charge is 0.322 e. The maximum absolute atomic E-state index is 13.2. The number of aromatic nitrogens is 5. The quantitative estimate of drug-likeness (QED) is 0.425. The van der Waals surface area contributed by atoms with Gasteiger partial charge in [0.1, 0.15) is 17.3 Å². The van der Waals surface area contributed by atoms with E-state index in [2.05, 4.69) is 26.6 Å². The molecule has 34 heavy (non-hydrogen) atoms. The van der Waals surface area contributed by atoms with Crippen molar-refractivity contribution in [2.45, 2.75) is 24.7 Å². The number of benzene rings is 1. The van der Waals surface area contributed by atoms with E-state index in [-0.39, 0.29) is 16.9 Å². The summed E-state index contributed by atoms with van der Waals surface area (Å²) < 4.78 is 3.40.